The van der Waals surface area contributed by atoms with Crippen LogP contribution in [0.5, 0.6) is 0 Å². The van der Waals surface area contributed by atoms with Gasteiger partial charge in [-0.25, -0.2) is 4.79 Å². The summed E-state index contributed by atoms with van der Waals surface area (Å²) in [6.45, 7) is 7.51. The van der Waals surface area contributed by atoms with E-state index in [4.69, 9.17) is 4.52 Å². The van der Waals surface area contributed by atoms with Gasteiger partial charge >= 0.3 is 6.03 Å². The van der Waals surface area contributed by atoms with Gasteiger partial charge in [-0.05, 0) is 32.6 Å². The maximum atomic E-state index is 12.0. The first-order valence-electron chi connectivity index (χ1n) is 8.90. The van der Waals surface area contributed by atoms with Crippen molar-refractivity contribution >= 4 is 6.03 Å². The molecule has 3 N–H and O–H groups in total. The second-order valence-corrected chi connectivity index (χ2v) is 7.39. The molecule has 0 radical (unpaired) electrons. The molecule has 136 valence electrons. The molecule has 1 aromatic heterocycles. The largest absolute Gasteiger partial charge is 0.388 e. The minimum atomic E-state index is -0.945. The molecule has 2 atom stereocenters. The maximum Gasteiger partial charge on any atom is 0.315 e. The lowest BCUT2D eigenvalue weighted by molar-refractivity contribution is 0.0165. The zero-order valence-corrected chi connectivity index (χ0v) is 15.1. The predicted octanol–water partition coefficient (Wildman–Crippen LogP) is 2.88. The molecular weight excluding hydrogens is 308 g/mol. The van der Waals surface area contributed by atoms with Gasteiger partial charge in [-0.2, -0.15) is 4.98 Å². The van der Waals surface area contributed by atoms with Crippen LogP contribution in [0.1, 0.15) is 83.5 Å². The molecule has 7 nitrogen and oxygen atoms in total. The second-order valence-electron chi connectivity index (χ2n) is 7.39. The summed E-state index contributed by atoms with van der Waals surface area (Å²) in [5, 5.41) is 19.7. The Morgan fingerprint density at radius 2 is 2.00 bits per heavy atom. The molecule has 7 heteroatoms. The lowest BCUT2D eigenvalue weighted by Gasteiger charge is -2.28. The molecule has 1 aliphatic carbocycles. The van der Waals surface area contributed by atoms with Crippen LogP contribution in [0.4, 0.5) is 4.79 Å². The summed E-state index contributed by atoms with van der Waals surface area (Å²) in [4.78, 5) is 16.4. The highest BCUT2D eigenvalue weighted by Crippen LogP contribution is 2.31. The summed E-state index contributed by atoms with van der Waals surface area (Å²) in [6, 6.07) is -0.736. The summed E-state index contributed by atoms with van der Waals surface area (Å²) >= 11 is 0. The van der Waals surface area contributed by atoms with E-state index in [-0.39, 0.29) is 24.5 Å². The number of nitrogens with zero attached hydrogens (tertiary/aromatic N) is 2. The van der Waals surface area contributed by atoms with Crippen LogP contribution in [-0.2, 0) is 0 Å². The van der Waals surface area contributed by atoms with Gasteiger partial charge in [0.2, 0.25) is 5.89 Å². The monoisotopic (exact) mass is 338 g/mol. The third-order valence-electron chi connectivity index (χ3n) is 5.00. The number of aromatic nitrogens is 2. The average Bonchev–Trinajstić information content (AvgIpc) is 3.04. The molecule has 0 aliphatic heterocycles. The zero-order valence-electron chi connectivity index (χ0n) is 15.1. The van der Waals surface area contributed by atoms with E-state index < -0.39 is 5.60 Å². The first-order chi connectivity index (χ1) is 11.3. The fraction of sp³-hybridized carbons (Fsp3) is 0.824. The van der Waals surface area contributed by atoms with Gasteiger partial charge in [0.15, 0.2) is 5.82 Å². The van der Waals surface area contributed by atoms with Gasteiger partial charge in [0.25, 0.3) is 0 Å². The van der Waals surface area contributed by atoms with Crippen LogP contribution in [-0.4, -0.2) is 33.4 Å². The van der Waals surface area contributed by atoms with E-state index >= 15 is 0 Å². The average molecular weight is 338 g/mol. The molecule has 2 amide bonds. The minimum Gasteiger partial charge on any atom is -0.388 e. The van der Waals surface area contributed by atoms with Crippen molar-refractivity contribution in [1.82, 2.24) is 20.8 Å². The number of hydrogen-bond acceptors (Lipinski definition) is 5. The van der Waals surface area contributed by atoms with E-state index in [1.165, 1.54) is 19.3 Å². The highest BCUT2D eigenvalue weighted by Gasteiger charge is 2.26. The van der Waals surface area contributed by atoms with Crippen LogP contribution in [0.2, 0.25) is 0 Å². The van der Waals surface area contributed by atoms with Crippen molar-refractivity contribution in [2.75, 3.05) is 6.54 Å². The van der Waals surface area contributed by atoms with Crippen LogP contribution in [0.15, 0.2) is 4.52 Å². The van der Waals surface area contributed by atoms with Crippen molar-refractivity contribution in [1.29, 1.82) is 0 Å². The number of hydrogen-bond donors (Lipinski definition) is 3. The number of amides is 2. The molecule has 1 aromatic rings. The van der Waals surface area contributed by atoms with Crippen molar-refractivity contribution in [2.24, 2.45) is 5.92 Å². The third kappa shape index (κ3) is 4.93. The van der Waals surface area contributed by atoms with E-state index in [1.807, 2.05) is 13.8 Å². The Morgan fingerprint density at radius 1 is 1.33 bits per heavy atom. The Balaban J connectivity index is 1.84. The number of carbonyl (C=O) groups is 1. The smallest absolute Gasteiger partial charge is 0.315 e. The van der Waals surface area contributed by atoms with Gasteiger partial charge in [0.1, 0.15) is 6.04 Å². The summed E-state index contributed by atoms with van der Waals surface area (Å²) in [5.41, 5.74) is -0.945. The third-order valence-corrected chi connectivity index (χ3v) is 5.00. The number of carbonyl (C=O) groups excluding carboxylic acids is 1. The number of rotatable bonds is 6. The number of nitrogens with one attached hydrogen (secondary N) is 2. The fourth-order valence-electron chi connectivity index (χ4n) is 2.72. The van der Waals surface area contributed by atoms with Crippen LogP contribution >= 0.6 is 0 Å². The molecular formula is C17H30N4O3. The van der Waals surface area contributed by atoms with E-state index in [0.717, 1.165) is 18.7 Å². The summed E-state index contributed by atoms with van der Waals surface area (Å²) in [6.07, 6.45) is 5.90. The molecule has 2 rings (SSSR count). The van der Waals surface area contributed by atoms with Gasteiger partial charge in [0.05, 0.1) is 5.60 Å². The van der Waals surface area contributed by atoms with Crippen molar-refractivity contribution in [3.8, 4) is 0 Å². The Morgan fingerprint density at radius 3 is 2.62 bits per heavy atom. The Labute approximate surface area is 143 Å². The van der Waals surface area contributed by atoms with Crippen LogP contribution < -0.4 is 10.6 Å². The molecule has 1 aliphatic rings. The maximum absolute atomic E-state index is 12.0. The van der Waals surface area contributed by atoms with Gasteiger partial charge in [-0.3, -0.25) is 0 Å². The molecule has 1 heterocycles. The molecule has 1 fully saturated rings. The summed E-state index contributed by atoms with van der Waals surface area (Å²) in [7, 11) is 0. The van der Waals surface area contributed by atoms with Crippen molar-refractivity contribution in [2.45, 2.75) is 77.4 Å². The Hall–Kier alpha value is -1.63. The van der Waals surface area contributed by atoms with Crippen molar-refractivity contribution < 1.29 is 14.4 Å². The van der Waals surface area contributed by atoms with Crippen LogP contribution in [0.25, 0.3) is 0 Å². The SMILES string of the molecule is CC(NC(=O)NCC(C)(O)C(C)C)c1nc(C2CCCCC2)no1. The molecule has 0 aromatic carbocycles. The summed E-state index contributed by atoms with van der Waals surface area (Å²) in [5.74, 6) is 1.59. The van der Waals surface area contributed by atoms with E-state index in [0.29, 0.717) is 11.8 Å². The molecule has 24 heavy (non-hydrogen) atoms. The predicted molar refractivity (Wildman–Crippen MR) is 90.5 cm³/mol. The molecule has 2 unspecified atom stereocenters. The molecule has 0 bridgehead atoms. The standard InChI is InChI=1S/C17H30N4O3/c1-11(2)17(4,23)10-18-16(22)19-12(3)15-20-14(21-24-15)13-8-6-5-7-9-13/h11-13,23H,5-10H2,1-4H3,(H2,18,19,22). The van der Waals surface area contributed by atoms with Gasteiger partial charge in [-0.1, -0.05) is 38.3 Å². The van der Waals surface area contributed by atoms with E-state index in [9.17, 15) is 9.90 Å². The van der Waals surface area contributed by atoms with Gasteiger partial charge in [-0.15, -0.1) is 0 Å². The topological polar surface area (TPSA) is 100 Å². The van der Waals surface area contributed by atoms with Gasteiger partial charge < -0.3 is 20.3 Å². The minimum absolute atomic E-state index is 0.0456. The molecule has 0 spiro atoms. The Bertz CT molecular complexity index is 536. The second kappa shape index (κ2) is 7.96. The van der Waals surface area contributed by atoms with E-state index in [1.54, 1.807) is 13.8 Å². The zero-order chi connectivity index (χ0) is 17.7. The lowest BCUT2D eigenvalue weighted by Crippen LogP contribution is -2.47. The first-order valence-corrected chi connectivity index (χ1v) is 8.90. The highest BCUT2D eigenvalue weighted by molar-refractivity contribution is 5.74. The van der Waals surface area contributed by atoms with Crippen LogP contribution in [0, 0.1) is 5.92 Å². The molecule has 1 saturated carbocycles. The lowest BCUT2D eigenvalue weighted by atomic mass is 9.89. The number of aliphatic hydroxyl groups is 1. The molecule has 0 saturated heterocycles. The van der Waals surface area contributed by atoms with E-state index in [2.05, 4.69) is 20.8 Å². The summed E-state index contributed by atoms with van der Waals surface area (Å²) < 4.78 is 5.31. The van der Waals surface area contributed by atoms with Gasteiger partial charge in [0, 0.05) is 12.5 Å². The van der Waals surface area contributed by atoms with Crippen molar-refractivity contribution in [3.63, 3.8) is 0 Å². The highest BCUT2D eigenvalue weighted by atomic mass is 16.5. The quantitative estimate of drug-likeness (QED) is 0.740. The number of urea groups is 1. The fourth-order valence-corrected chi connectivity index (χ4v) is 2.72. The van der Waals surface area contributed by atoms with Crippen LogP contribution in [0.3, 0.4) is 0 Å². The van der Waals surface area contributed by atoms with Crippen molar-refractivity contribution in [3.05, 3.63) is 11.7 Å². The normalized spacial score (nSPS) is 19.8. The first kappa shape index (κ1) is 18.7. The Kier molecular flexibility index (Phi) is 6.21.